The van der Waals surface area contributed by atoms with Crippen LogP contribution in [0.25, 0.3) is 0 Å². The number of aromatic nitrogens is 3. The number of ether oxygens (including phenoxy) is 2. The van der Waals surface area contributed by atoms with E-state index in [4.69, 9.17) is 9.47 Å². The van der Waals surface area contributed by atoms with Crippen molar-refractivity contribution in [3.63, 3.8) is 0 Å². The predicted octanol–water partition coefficient (Wildman–Crippen LogP) is 3.17. The Hall–Kier alpha value is -1.88. The van der Waals surface area contributed by atoms with Gasteiger partial charge in [0, 0.05) is 13.0 Å². The Labute approximate surface area is 132 Å². The third kappa shape index (κ3) is 4.07. The predicted molar refractivity (Wildman–Crippen MR) is 86.1 cm³/mol. The number of nitrogens with zero attached hydrogens (tertiary/aromatic N) is 3. The van der Waals surface area contributed by atoms with E-state index in [1.807, 2.05) is 29.8 Å². The molecule has 2 aromatic rings. The Bertz CT molecular complexity index is 615. The first-order valence-electron chi connectivity index (χ1n) is 7.60. The highest BCUT2D eigenvalue weighted by atomic mass is 16.5. The second kappa shape index (κ2) is 6.92. The number of benzene rings is 1. The van der Waals surface area contributed by atoms with Gasteiger partial charge in [0.25, 0.3) is 0 Å². The smallest absolute Gasteiger partial charge is 0.176 e. The van der Waals surface area contributed by atoms with E-state index in [2.05, 4.69) is 36.9 Å². The van der Waals surface area contributed by atoms with E-state index in [1.54, 1.807) is 7.11 Å². The van der Waals surface area contributed by atoms with Crippen LogP contribution in [-0.4, -0.2) is 28.5 Å². The van der Waals surface area contributed by atoms with Gasteiger partial charge >= 0.3 is 0 Å². The van der Waals surface area contributed by atoms with Crippen molar-refractivity contribution in [3.8, 4) is 5.75 Å². The zero-order valence-corrected chi connectivity index (χ0v) is 14.1. The maximum Gasteiger partial charge on any atom is 0.176 e. The van der Waals surface area contributed by atoms with Crippen molar-refractivity contribution < 1.29 is 9.47 Å². The third-order valence-electron chi connectivity index (χ3n) is 3.29. The van der Waals surface area contributed by atoms with E-state index in [0.717, 1.165) is 23.0 Å². The molecule has 5 nitrogen and oxygen atoms in total. The van der Waals surface area contributed by atoms with Gasteiger partial charge in [0.05, 0.1) is 12.6 Å². The Morgan fingerprint density at radius 1 is 1.23 bits per heavy atom. The molecule has 0 atom stereocenters. The standard InChI is InChI=1S/C17H25N3O2/c1-6-22-12-15-18-16(20(19-15)17(2,3)4)11-13-8-7-9-14(10-13)21-5/h7-10H,6,11-12H2,1-5H3. The van der Waals surface area contributed by atoms with Gasteiger partial charge in [0.15, 0.2) is 5.82 Å². The van der Waals surface area contributed by atoms with Gasteiger partial charge in [0.1, 0.15) is 18.2 Å². The molecule has 0 amide bonds. The first kappa shape index (κ1) is 16.5. The van der Waals surface area contributed by atoms with E-state index < -0.39 is 0 Å². The molecule has 120 valence electrons. The Morgan fingerprint density at radius 3 is 2.64 bits per heavy atom. The molecule has 1 heterocycles. The van der Waals surface area contributed by atoms with Gasteiger partial charge in [-0.25, -0.2) is 9.67 Å². The average molecular weight is 303 g/mol. The molecule has 1 aromatic heterocycles. The third-order valence-corrected chi connectivity index (χ3v) is 3.29. The zero-order chi connectivity index (χ0) is 16.2. The minimum absolute atomic E-state index is 0.119. The van der Waals surface area contributed by atoms with E-state index in [9.17, 15) is 0 Å². The van der Waals surface area contributed by atoms with Gasteiger partial charge in [-0.15, -0.1) is 0 Å². The van der Waals surface area contributed by atoms with Gasteiger partial charge in [-0.3, -0.25) is 0 Å². The monoisotopic (exact) mass is 303 g/mol. The van der Waals surface area contributed by atoms with Crippen molar-refractivity contribution in [1.82, 2.24) is 14.8 Å². The number of rotatable bonds is 6. The quantitative estimate of drug-likeness (QED) is 0.822. The van der Waals surface area contributed by atoms with Crippen LogP contribution in [0.3, 0.4) is 0 Å². The highest BCUT2D eigenvalue weighted by Gasteiger charge is 2.21. The molecule has 0 aliphatic heterocycles. The van der Waals surface area contributed by atoms with Gasteiger partial charge in [-0.2, -0.15) is 5.10 Å². The molecule has 1 aromatic carbocycles. The lowest BCUT2D eigenvalue weighted by molar-refractivity contribution is 0.127. The summed E-state index contributed by atoms with van der Waals surface area (Å²) in [6, 6.07) is 8.04. The number of methoxy groups -OCH3 is 1. The molecule has 0 unspecified atom stereocenters. The topological polar surface area (TPSA) is 49.2 Å². The molecular weight excluding hydrogens is 278 g/mol. The molecular formula is C17H25N3O2. The highest BCUT2D eigenvalue weighted by Crippen LogP contribution is 2.20. The van der Waals surface area contributed by atoms with Crippen molar-refractivity contribution in [1.29, 1.82) is 0 Å². The minimum Gasteiger partial charge on any atom is -0.497 e. The molecule has 0 bridgehead atoms. The normalized spacial score (nSPS) is 11.7. The summed E-state index contributed by atoms with van der Waals surface area (Å²) in [7, 11) is 1.68. The van der Waals surface area contributed by atoms with Crippen LogP contribution in [-0.2, 0) is 23.3 Å². The van der Waals surface area contributed by atoms with E-state index in [0.29, 0.717) is 19.6 Å². The fraction of sp³-hybridized carbons (Fsp3) is 0.529. The molecule has 2 rings (SSSR count). The summed E-state index contributed by atoms with van der Waals surface area (Å²) in [5, 5.41) is 4.61. The largest absolute Gasteiger partial charge is 0.497 e. The molecule has 0 saturated heterocycles. The lowest BCUT2D eigenvalue weighted by atomic mass is 10.1. The molecule has 0 spiro atoms. The first-order chi connectivity index (χ1) is 10.4. The summed E-state index contributed by atoms with van der Waals surface area (Å²) in [4.78, 5) is 4.65. The maximum atomic E-state index is 5.43. The summed E-state index contributed by atoms with van der Waals surface area (Å²) in [6.45, 7) is 9.46. The fourth-order valence-electron chi connectivity index (χ4n) is 2.26. The molecule has 0 radical (unpaired) electrons. The lowest BCUT2D eigenvalue weighted by Gasteiger charge is -2.21. The van der Waals surface area contributed by atoms with Gasteiger partial charge < -0.3 is 9.47 Å². The summed E-state index contributed by atoms with van der Waals surface area (Å²) < 4.78 is 12.7. The van der Waals surface area contributed by atoms with Crippen molar-refractivity contribution in [2.75, 3.05) is 13.7 Å². The SMILES string of the molecule is CCOCc1nc(Cc2cccc(OC)c2)n(C(C)(C)C)n1. The molecule has 0 N–H and O–H groups in total. The number of hydrogen-bond donors (Lipinski definition) is 0. The summed E-state index contributed by atoms with van der Waals surface area (Å²) in [5.41, 5.74) is 1.03. The Balaban J connectivity index is 2.29. The molecule has 0 aliphatic rings. The summed E-state index contributed by atoms with van der Waals surface area (Å²) >= 11 is 0. The van der Waals surface area contributed by atoms with Gasteiger partial charge in [0.2, 0.25) is 0 Å². The van der Waals surface area contributed by atoms with Crippen LogP contribution >= 0.6 is 0 Å². The van der Waals surface area contributed by atoms with Gasteiger partial charge in [-0.05, 0) is 45.4 Å². The Morgan fingerprint density at radius 2 is 2.00 bits per heavy atom. The second-order valence-electron chi connectivity index (χ2n) is 6.19. The number of hydrogen-bond acceptors (Lipinski definition) is 4. The van der Waals surface area contributed by atoms with Crippen molar-refractivity contribution in [2.24, 2.45) is 0 Å². The molecule has 0 fully saturated rings. The Kier molecular flexibility index (Phi) is 5.19. The minimum atomic E-state index is -0.119. The average Bonchev–Trinajstić information content (AvgIpc) is 2.88. The molecule has 22 heavy (non-hydrogen) atoms. The van der Waals surface area contributed by atoms with E-state index in [-0.39, 0.29) is 5.54 Å². The molecule has 5 heteroatoms. The summed E-state index contributed by atoms with van der Waals surface area (Å²) in [6.07, 6.45) is 0.716. The van der Waals surface area contributed by atoms with Crippen LogP contribution in [0.5, 0.6) is 5.75 Å². The molecule has 0 aliphatic carbocycles. The highest BCUT2D eigenvalue weighted by molar-refractivity contribution is 5.30. The van der Waals surface area contributed by atoms with E-state index in [1.165, 1.54) is 0 Å². The van der Waals surface area contributed by atoms with Crippen molar-refractivity contribution in [3.05, 3.63) is 41.5 Å². The van der Waals surface area contributed by atoms with Crippen LogP contribution in [0, 0.1) is 0 Å². The first-order valence-corrected chi connectivity index (χ1v) is 7.60. The zero-order valence-electron chi connectivity index (χ0n) is 14.1. The second-order valence-corrected chi connectivity index (χ2v) is 6.19. The van der Waals surface area contributed by atoms with Crippen LogP contribution in [0.4, 0.5) is 0 Å². The fourth-order valence-corrected chi connectivity index (χ4v) is 2.26. The summed E-state index contributed by atoms with van der Waals surface area (Å²) in [5.74, 6) is 2.53. The molecule has 0 saturated carbocycles. The maximum absolute atomic E-state index is 5.43. The van der Waals surface area contributed by atoms with Crippen LogP contribution in [0.15, 0.2) is 24.3 Å². The van der Waals surface area contributed by atoms with E-state index >= 15 is 0 Å². The van der Waals surface area contributed by atoms with Crippen LogP contribution in [0.1, 0.15) is 44.9 Å². The van der Waals surface area contributed by atoms with Crippen molar-refractivity contribution in [2.45, 2.75) is 46.3 Å². The van der Waals surface area contributed by atoms with Crippen molar-refractivity contribution >= 4 is 0 Å². The lowest BCUT2D eigenvalue weighted by Crippen LogP contribution is -2.25. The van der Waals surface area contributed by atoms with Crippen LogP contribution in [0.2, 0.25) is 0 Å². The van der Waals surface area contributed by atoms with Crippen LogP contribution < -0.4 is 4.74 Å². The van der Waals surface area contributed by atoms with Gasteiger partial charge in [-0.1, -0.05) is 12.1 Å².